The second-order valence-electron chi connectivity index (χ2n) is 3.75. The van der Waals surface area contributed by atoms with Gasteiger partial charge in [0, 0.05) is 5.56 Å². The lowest BCUT2D eigenvalue weighted by atomic mass is 10.1. The Morgan fingerprint density at radius 1 is 1.33 bits per heavy atom. The summed E-state index contributed by atoms with van der Waals surface area (Å²) in [6, 6.07) is 4.64. The number of rotatable bonds is 3. The summed E-state index contributed by atoms with van der Waals surface area (Å²) in [4.78, 5) is 3.90. The highest BCUT2D eigenvalue weighted by atomic mass is 127. The van der Waals surface area contributed by atoms with Crippen LogP contribution in [0.4, 0.5) is 13.2 Å². The highest BCUT2D eigenvalue weighted by Gasteiger charge is 2.29. The van der Waals surface area contributed by atoms with E-state index in [1.165, 1.54) is 12.1 Å². The summed E-state index contributed by atoms with van der Waals surface area (Å²) in [6.45, 7) is 4.16. The zero-order valence-corrected chi connectivity index (χ0v) is 13.4. The minimum Gasteiger partial charge on any atom is -0.370 e. The van der Waals surface area contributed by atoms with Crippen LogP contribution in [0.1, 0.15) is 11.1 Å². The molecule has 1 aromatic rings. The molecule has 0 saturated heterocycles. The predicted molar refractivity (Wildman–Crippen MR) is 88.4 cm³/mol. The normalized spacial score (nSPS) is 10.9. The standard InChI is InChI=1S/C14H14F3N3.HI/c1-2-9-19-13(18)20-10-3-4-11-5-7-12(8-6-11)14(15,16)17;/h2,5-8H,1,9-10H2,(H3,18,19,20);1H. The van der Waals surface area contributed by atoms with E-state index in [-0.39, 0.29) is 36.5 Å². The van der Waals surface area contributed by atoms with E-state index < -0.39 is 11.7 Å². The number of halogens is 4. The molecule has 7 heteroatoms. The third-order valence-electron chi connectivity index (χ3n) is 2.19. The molecule has 0 saturated carbocycles. The topological polar surface area (TPSA) is 50.4 Å². The Labute approximate surface area is 138 Å². The number of hydrogen-bond acceptors (Lipinski definition) is 1. The molecule has 0 atom stereocenters. The Morgan fingerprint density at radius 2 is 1.95 bits per heavy atom. The summed E-state index contributed by atoms with van der Waals surface area (Å²) in [7, 11) is 0. The first-order valence-electron chi connectivity index (χ1n) is 5.74. The van der Waals surface area contributed by atoms with Crippen molar-refractivity contribution in [2.45, 2.75) is 6.18 Å². The molecule has 0 heterocycles. The molecule has 0 bridgehead atoms. The number of nitrogens with one attached hydrogen (secondary N) is 1. The molecule has 0 radical (unpaired) electrons. The van der Waals surface area contributed by atoms with Crippen LogP contribution in [0, 0.1) is 11.8 Å². The molecular formula is C14H15F3IN3. The van der Waals surface area contributed by atoms with Gasteiger partial charge in [0.15, 0.2) is 5.96 Å². The number of alkyl halides is 3. The first-order chi connectivity index (χ1) is 9.43. The minimum atomic E-state index is -4.33. The van der Waals surface area contributed by atoms with E-state index in [1.807, 2.05) is 0 Å². The fraction of sp³-hybridized carbons (Fsp3) is 0.214. The van der Waals surface area contributed by atoms with E-state index in [9.17, 15) is 13.2 Å². The van der Waals surface area contributed by atoms with Crippen molar-refractivity contribution in [2.75, 3.05) is 13.1 Å². The minimum absolute atomic E-state index is 0. The molecule has 0 spiro atoms. The predicted octanol–water partition coefficient (Wildman–Crippen LogP) is 2.77. The van der Waals surface area contributed by atoms with Gasteiger partial charge in [-0.2, -0.15) is 13.2 Å². The number of nitrogens with zero attached hydrogens (tertiary/aromatic N) is 1. The first kappa shape index (κ1) is 19.3. The van der Waals surface area contributed by atoms with Crippen LogP contribution >= 0.6 is 24.0 Å². The van der Waals surface area contributed by atoms with Gasteiger partial charge in [0.25, 0.3) is 0 Å². The van der Waals surface area contributed by atoms with E-state index >= 15 is 0 Å². The fourth-order valence-electron chi connectivity index (χ4n) is 1.24. The van der Waals surface area contributed by atoms with Gasteiger partial charge in [0.1, 0.15) is 0 Å². The Kier molecular flexibility index (Phi) is 8.54. The number of nitrogens with two attached hydrogens (primary N) is 1. The lowest BCUT2D eigenvalue weighted by Crippen LogP contribution is -2.31. The van der Waals surface area contributed by atoms with Crippen LogP contribution in [0.2, 0.25) is 0 Å². The molecule has 3 N–H and O–H groups in total. The summed E-state index contributed by atoms with van der Waals surface area (Å²) in [5, 5.41) is 2.75. The molecule has 0 aliphatic rings. The Balaban J connectivity index is 0.00000400. The Morgan fingerprint density at radius 3 is 2.48 bits per heavy atom. The Hall–Kier alpha value is -1.69. The quantitative estimate of drug-likeness (QED) is 0.265. The van der Waals surface area contributed by atoms with Crippen molar-refractivity contribution in [3.63, 3.8) is 0 Å². The molecule has 0 aromatic heterocycles. The molecular weight excluding hydrogens is 394 g/mol. The molecule has 3 nitrogen and oxygen atoms in total. The van der Waals surface area contributed by atoms with Crippen molar-refractivity contribution in [3.8, 4) is 11.8 Å². The molecule has 0 fully saturated rings. The summed E-state index contributed by atoms with van der Waals surface area (Å²) in [5.41, 5.74) is 5.31. The van der Waals surface area contributed by atoms with Crippen molar-refractivity contribution in [3.05, 3.63) is 48.0 Å². The lowest BCUT2D eigenvalue weighted by Gasteiger charge is -2.05. The summed E-state index contributed by atoms with van der Waals surface area (Å²) >= 11 is 0. The second-order valence-corrected chi connectivity index (χ2v) is 3.75. The summed E-state index contributed by atoms with van der Waals surface area (Å²) < 4.78 is 37.0. The van der Waals surface area contributed by atoms with Crippen LogP contribution in [0.15, 0.2) is 41.9 Å². The van der Waals surface area contributed by atoms with Crippen LogP contribution in [0.5, 0.6) is 0 Å². The molecule has 0 aliphatic carbocycles. The number of guanidine groups is 1. The first-order valence-corrected chi connectivity index (χ1v) is 5.74. The third-order valence-corrected chi connectivity index (χ3v) is 2.19. The van der Waals surface area contributed by atoms with E-state index in [1.54, 1.807) is 6.08 Å². The van der Waals surface area contributed by atoms with Crippen molar-refractivity contribution in [1.29, 1.82) is 0 Å². The van der Waals surface area contributed by atoms with Crippen LogP contribution in [0.25, 0.3) is 0 Å². The largest absolute Gasteiger partial charge is 0.416 e. The van der Waals surface area contributed by atoms with Crippen molar-refractivity contribution in [2.24, 2.45) is 10.7 Å². The van der Waals surface area contributed by atoms with Crippen molar-refractivity contribution < 1.29 is 13.2 Å². The van der Waals surface area contributed by atoms with E-state index in [0.717, 1.165) is 12.1 Å². The maximum atomic E-state index is 12.3. The molecule has 0 amide bonds. The number of aliphatic imine (C=N–C) groups is 1. The van der Waals surface area contributed by atoms with Crippen LogP contribution < -0.4 is 11.1 Å². The van der Waals surface area contributed by atoms with Gasteiger partial charge in [-0.15, -0.1) is 30.6 Å². The average molecular weight is 409 g/mol. The molecule has 0 aliphatic heterocycles. The smallest absolute Gasteiger partial charge is 0.370 e. The van der Waals surface area contributed by atoms with Gasteiger partial charge in [0.2, 0.25) is 0 Å². The number of benzene rings is 1. The number of hydrogen-bond donors (Lipinski definition) is 2. The third kappa shape index (κ3) is 7.60. The van der Waals surface area contributed by atoms with Gasteiger partial charge in [-0.1, -0.05) is 17.9 Å². The van der Waals surface area contributed by atoms with Crippen LogP contribution in [-0.4, -0.2) is 19.0 Å². The zero-order valence-electron chi connectivity index (χ0n) is 11.1. The van der Waals surface area contributed by atoms with E-state index in [2.05, 4.69) is 28.7 Å². The monoisotopic (exact) mass is 409 g/mol. The maximum absolute atomic E-state index is 12.3. The lowest BCUT2D eigenvalue weighted by molar-refractivity contribution is -0.137. The van der Waals surface area contributed by atoms with Gasteiger partial charge >= 0.3 is 6.18 Å². The highest BCUT2D eigenvalue weighted by Crippen LogP contribution is 2.28. The summed E-state index contributed by atoms with van der Waals surface area (Å²) in [6.07, 6.45) is -2.73. The van der Waals surface area contributed by atoms with Gasteiger partial charge in [0.05, 0.1) is 18.7 Å². The molecule has 0 unspecified atom stereocenters. The fourth-order valence-corrected chi connectivity index (χ4v) is 1.24. The molecule has 1 rings (SSSR count). The molecule has 21 heavy (non-hydrogen) atoms. The summed E-state index contributed by atoms with van der Waals surface area (Å²) in [5.74, 6) is 5.70. The highest BCUT2D eigenvalue weighted by molar-refractivity contribution is 14.0. The van der Waals surface area contributed by atoms with Crippen molar-refractivity contribution >= 4 is 29.9 Å². The average Bonchev–Trinajstić information content (AvgIpc) is 2.41. The maximum Gasteiger partial charge on any atom is 0.416 e. The zero-order chi connectivity index (χ0) is 15.0. The SMILES string of the molecule is C=CCN=C(N)NCC#Cc1ccc(C(F)(F)F)cc1.I. The van der Waals surface area contributed by atoms with Crippen LogP contribution in [-0.2, 0) is 6.18 Å². The Bertz CT molecular complexity index is 539. The van der Waals surface area contributed by atoms with Gasteiger partial charge in [-0.05, 0) is 24.3 Å². The van der Waals surface area contributed by atoms with Gasteiger partial charge in [-0.25, -0.2) is 4.99 Å². The van der Waals surface area contributed by atoms with Crippen molar-refractivity contribution in [1.82, 2.24) is 5.32 Å². The van der Waals surface area contributed by atoms with E-state index in [4.69, 9.17) is 5.73 Å². The van der Waals surface area contributed by atoms with Crippen LogP contribution in [0.3, 0.4) is 0 Å². The molecule has 114 valence electrons. The van der Waals surface area contributed by atoms with E-state index in [0.29, 0.717) is 12.1 Å². The van der Waals surface area contributed by atoms with Gasteiger partial charge < -0.3 is 11.1 Å². The second kappa shape index (κ2) is 9.28. The van der Waals surface area contributed by atoms with Gasteiger partial charge in [-0.3, -0.25) is 0 Å². The molecule has 1 aromatic carbocycles.